The number of amides is 1. The molecule has 0 atom stereocenters. The minimum Gasteiger partial charge on any atom is -0.451 e. The zero-order valence-corrected chi connectivity index (χ0v) is 16.5. The van der Waals surface area contributed by atoms with Gasteiger partial charge in [0.1, 0.15) is 0 Å². The lowest BCUT2D eigenvalue weighted by Gasteiger charge is -2.11. The maximum atomic E-state index is 12.3. The predicted molar refractivity (Wildman–Crippen MR) is 108 cm³/mol. The van der Waals surface area contributed by atoms with Gasteiger partial charge in [0.25, 0.3) is 5.91 Å². The van der Waals surface area contributed by atoms with Crippen LogP contribution in [-0.4, -0.2) is 28.3 Å². The quantitative estimate of drug-likeness (QED) is 0.614. The minimum absolute atomic E-state index is 0.386. The van der Waals surface area contributed by atoms with Gasteiger partial charge >= 0.3 is 5.97 Å². The second-order valence-corrected chi connectivity index (χ2v) is 6.70. The first-order chi connectivity index (χ1) is 13.5. The van der Waals surface area contributed by atoms with E-state index in [2.05, 4.69) is 26.3 Å². The Kier molecular flexibility index (Phi) is 6.00. The van der Waals surface area contributed by atoms with Crippen molar-refractivity contribution in [2.75, 3.05) is 11.9 Å². The highest BCUT2D eigenvalue weighted by Crippen LogP contribution is 2.20. The van der Waals surface area contributed by atoms with Crippen molar-refractivity contribution in [2.24, 2.45) is 0 Å². The van der Waals surface area contributed by atoms with Crippen LogP contribution < -0.4 is 10.7 Å². The van der Waals surface area contributed by atoms with Gasteiger partial charge in [-0.1, -0.05) is 30.3 Å². The van der Waals surface area contributed by atoms with Gasteiger partial charge in [-0.05, 0) is 47.1 Å². The first-order valence-corrected chi connectivity index (χ1v) is 9.13. The molecule has 8 heteroatoms. The van der Waals surface area contributed by atoms with Crippen molar-refractivity contribution in [3.63, 3.8) is 0 Å². The predicted octanol–water partition coefficient (Wildman–Crippen LogP) is 3.10. The van der Waals surface area contributed by atoms with Gasteiger partial charge in [-0.25, -0.2) is 9.48 Å². The number of nitrogens with zero attached hydrogens (tertiary/aromatic N) is 2. The minimum atomic E-state index is -0.961. The highest BCUT2D eigenvalue weighted by Gasteiger charge is 2.18. The highest BCUT2D eigenvalue weighted by molar-refractivity contribution is 9.10. The summed E-state index contributed by atoms with van der Waals surface area (Å²) in [6.45, 7) is 1.17. The van der Waals surface area contributed by atoms with Gasteiger partial charge in [0.2, 0.25) is 11.1 Å². The summed E-state index contributed by atoms with van der Waals surface area (Å²) >= 11 is 3.31. The maximum Gasteiger partial charge on any atom is 0.363 e. The largest absolute Gasteiger partial charge is 0.451 e. The Bertz CT molecular complexity index is 1080. The summed E-state index contributed by atoms with van der Waals surface area (Å²) in [6, 6.07) is 17.4. The zero-order valence-electron chi connectivity index (χ0n) is 14.9. The van der Waals surface area contributed by atoms with Crippen LogP contribution in [-0.2, 0) is 9.53 Å². The van der Waals surface area contributed by atoms with Crippen molar-refractivity contribution in [3.05, 3.63) is 86.7 Å². The first-order valence-electron chi connectivity index (χ1n) is 8.33. The highest BCUT2D eigenvalue weighted by atomic mass is 79.9. The number of hydrogen-bond acceptors (Lipinski definition) is 5. The topological polar surface area (TPSA) is 90.3 Å². The molecule has 3 rings (SSSR count). The van der Waals surface area contributed by atoms with Crippen LogP contribution in [0.15, 0.2) is 69.9 Å². The molecule has 0 radical (unpaired) electrons. The van der Waals surface area contributed by atoms with E-state index in [0.717, 1.165) is 0 Å². The lowest BCUT2D eigenvalue weighted by atomic mass is 10.3. The molecular weight excluding hydrogens is 426 g/mol. The zero-order chi connectivity index (χ0) is 20.1. The summed E-state index contributed by atoms with van der Waals surface area (Å²) in [4.78, 5) is 36.5. The molecule has 2 aromatic carbocycles. The summed E-state index contributed by atoms with van der Waals surface area (Å²) in [5.41, 5.74) is 0.854. The van der Waals surface area contributed by atoms with E-state index in [0.29, 0.717) is 21.5 Å². The Morgan fingerprint density at radius 2 is 1.79 bits per heavy atom. The Hall–Kier alpha value is -3.26. The number of rotatable bonds is 5. The number of ether oxygens (including phenoxy) is 1. The van der Waals surface area contributed by atoms with E-state index < -0.39 is 23.9 Å². The van der Waals surface area contributed by atoms with Crippen LogP contribution in [0.1, 0.15) is 16.2 Å². The van der Waals surface area contributed by atoms with Gasteiger partial charge in [0.15, 0.2) is 6.61 Å². The molecule has 1 amide bonds. The molecule has 0 spiro atoms. The van der Waals surface area contributed by atoms with Crippen molar-refractivity contribution in [1.82, 2.24) is 9.78 Å². The van der Waals surface area contributed by atoms with Crippen LogP contribution in [0.5, 0.6) is 0 Å². The van der Waals surface area contributed by atoms with Gasteiger partial charge in [-0.2, -0.15) is 5.10 Å². The number of hydrogen-bond donors (Lipinski definition) is 1. The molecule has 28 heavy (non-hydrogen) atoms. The smallest absolute Gasteiger partial charge is 0.363 e. The first kappa shape index (κ1) is 19.5. The van der Waals surface area contributed by atoms with E-state index in [1.165, 1.54) is 10.7 Å². The lowest BCUT2D eigenvalue weighted by Crippen LogP contribution is -2.27. The molecule has 0 fully saturated rings. The molecule has 0 aliphatic carbocycles. The molecular formula is C20H16BrN3O4. The van der Waals surface area contributed by atoms with Gasteiger partial charge in [-0.15, -0.1) is 0 Å². The number of carbonyl (C=O) groups is 2. The molecule has 142 valence electrons. The number of anilines is 1. The van der Waals surface area contributed by atoms with Crippen molar-refractivity contribution in [3.8, 4) is 5.69 Å². The van der Waals surface area contributed by atoms with Crippen molar-refractivity contribution < 1.29 is 14.3 Å². The fourth-order valence-corrected chi connectivity index (χ4v) is 2.85. The number of benzene rings is 2. The third-order valence-corrected chi connectivity index (χ3v) is 4.48. The number of nitrogens with one attached hydrogen (secondary N) is 1. The van der Waals surface area contributed by atoms with Crippen LogP contribution in [0.2, 0.25) is 0 Å². The Labute approximate surface area is 169 Å². The maximum absolute atomic E-state index is 12.3. The summed E-state index contributed by atoms with van der Waals surface area (Å²) in [5.74, 6) is -1.49. The third-order valence-electron chi connectivity index (χ3n) is 3.78. The molecule has 1 N–H and O–H groups in total. The van der Waals surface area contributed by atoms with Crippen molar-refractivity contribution in [2.45, 2.75) is 6.92 Å². The van der Waals surface area contributed by atoms with E-state index in [4.69, 9.17) is 4.74 Å². The van der Waals surface area contributed by atoms with Crippen molar-refractivity contribution in [1.29, 1.82) is 0 Å². The number of halogens is 1. The van der Waals surface area contributed by atoms with Gasteiger partial charge in [-0.3, -0.25) is 9.59 Å². The Balaban J connectivity index is 1.73. The number of carbonyl (C=O) groups excluding carboxylic acids is 2. The number of para-hydroxylation sites is 2. The summed E-state index contributed by atoms with van der Waals surface area (Å²) in [7, 11) is 0. The van der Waals surface area contributed by atoms with Gasteiger partial charge < -0.3 is 10.1 Å². The molecule has 0 unspecified atom stereocenters. The number of esters is 1. The molecule has 1 heterocycles. The number of aromatic nitrogens is 2. The third kappa shape index (κ3) is 4.52. The van der Waals surface area contributed by atoms with Crippen LogP contribution in [0, 0.1) is 6.92 Å². The molecule has 0 aliphatic rings. The lowest BCUT2D eigenvalue weighted by molar-refractivity contribution is -0.119. The van der Waals surface area contributed by atoms with E-state index in [9.17, 15) is 14.4 Å². The summed E-state index contributed by atoms with van der Waals surface area (Å²) < 4.78 is 7.14. The summed E-state index contributed by atoms with van der Waals surface area (Å²) in [5, 5.41) is 6.72. The molecule has 0 aliphatic heterocycles. The van der Waals surface area contributed by atoms with Crippen LogP contribution in [0.3, 0.4) is 0 Å². The molecule has 1 aromatic heterocycles. The van der Waals surface area contributed by atoms with E-state index in [-0.39, 0.29) is 5.69 Å². The van der Waals surface area contributed by atoms with E-state index in [1.807, 2.05) is 18.2 Å². The van der Waals surface area contributed by atoms with Crippen LogP contribution >= 0.6 is 15.9 Å². The number of aryl methyl sites for hydroxylation is 1. The normalized spacial score (nSPS) is 10.4. The van der Waals surface area contributed by atoms with Gasteiger partial charge in [0.05, 0.1) is 11.4 Å². The summed E-state index contributed by atoms with van der Waals surface area (Å²) in [6.07, 6.45) is 0. The van der Waals surface area contributed by atoms with E-state index in [1.54, 1.807) is 43.3 Å². The van der Waals surface area contributed by atoms with E-state index >= 15 is 0 Å². The second kappa shape index (κ2) is 8.62. The standard InChI is InChI=1S/C20H16BrN3O4/c1-13-11-17(25)19(23-24(13)14-7-3-2-4-8-14)20(27)28-12-18(26)22-16-10-6-5-9-15(16)21/h2-11H,12H2,1H3,(H,22,26). The van der Waals surface area contributed by atoms with Crippen LogP contribution in [0.25, 0.3) is 5.69 Å². The second-order valence-electron chi connectivity index (χ2n) is 5.85. The molecule has 0 saturated heterocycles. The average Bonchev–Trinajstić information content (AvgIpc) is 2.69. The Morgan fingerprint density at radius 1 is 1.11 bits per heavy atom. The SMILES string of the molecule is Cc1cc(=O)c(C(=O)OCC(=O)Nc2ccccc2Br)nn1-c1ccccc1. The van der Waals surface area contributed by atoms with Gasteiger partial charge in [0, 0.05) is 16.2 Å². The Morgan fingerprint density at radius 3 is 2.50 bits per heavy atom. The average molecular weight is 442 g/mol. The van der Waals surface area contributed by atoms with Crippen LogP contribution in [0.4, 0.5) is 5.69 Å². The fourth-order valence-electron chi connectivity index (χ4n) is 2.47. The monoisotopic (exact) mass is 441 g/mol. The molecule has 0 saturated carbocycles. The fraction of sp³-hybridized carbons (Fsp3) is 0.100. The van der Waals surface area contributed by atoms with Crippen molar-refractivity contribution >= 4 is 33.5 Å². The molecule has 0 bridgehead atoms. The molecule has 7 nitrogen and oxygen atoms in total. The molecule has 3 aromatic rings.